The molecule has 0 spiro atoms. The minimum Gasteiger partial charge on any atom is -0.452 e. The van der Waals surface area contributed by atoms with Crippen molar-refractivity contribution in [3.05, 3.63) is 59.1 Å². The number of carbonyl (C=O) groups is 2. The molecule has 2 rings (SSSR count). The van der Waals surface area contributed by atoms with Crippen LogP contribution in [0.25, 0.3) is 0 Å². The van der Waals surface area contributed by atoms with E-state index in [1.165, 1.54) is 18.2 Å². The van der Waals surface area contributed by atoms with E-state index in [-0.39, 0.29) is 23.8 Å². The molecule has 5 nitrogen and oxygen atoms in total. The second-order valence-corrected chi connectivity index (χ2v) is 6.40. The molecule has 0 radical (unpaired) electrons. The maximum atomic E-state index is 11.8. The van der Waals surface area contributed by atoms with Crippen LogP contribution >= 0.6 is 23.4 Å². The Morgan fingerprint density at radius 1 is 1.17 bits per heavy atom. The van der Waals surface area contributed by atoms with E-state index in [0.29, 0.717) is 11.6 Å². The van der Waals surface area contributed by atoms with Gasteiger partial charge in [-0.2, -0.15) is 0 Å². The number of nitrogens with one attached hydrogen (secondary N) is 1. The van der Waals surface area contributed by atoms with E-state index in [2.05, 4.69) is 5.32 Å². The number of rotatable bonds is 7. The van der Waals surface area contributed by atoms with Gasteiger partial charge in [0.2, 0.25) is 0 Å². The van der Waals surface area contributed by atoms with Crippen molar-refractivity contribution in [2.24, 2.45) is 0 Å². The number of esters is 1. The molecule has 0 atom stereocenters. The minimum atomic E-state index is -0.618. The summed E-state index contributed by atoms with van der Waals surface area (Å²) in [6, 6.07) is 14.3. The Labute approximate surface area is 149 Å². The lowest BCUT2D eigenvalue weighted by Gasteiger charge is -2.07. The minimum absolute atomic E-state index is 0.254. The Morgan fingerprint density at radius 3 is 2.62 bits per heavy atom. The van der Waals surface area contributed by atoms with Crippen LogP contribution < -0.4 is 11.1 Å². The third-order valence-corrected chi connectivity index (χ3v) is 4.36. The Hall–Kier alpha value is -2.18. The smallest absolute Gasteiger partial charge is 0.338 e. The van der Waals surface area contributed by atoms with Crippen molar-refractivity contribution in [1.29, 1.82) is 0 Å². The van der Waals surface area contributed by atoms with Crippen LogP contribution in [0.3, 0.4) is 0 Å². The maximum Gasteiger partial charge on any atom is 0.338 e. The van der Waals surface area contributed by atoms with Gasteiger partial charge in [0, 0.05) is 17.2 Å². The van der Waals surface area contributed by atoms with Gasteiger partial charge in [-0.05, 0) is 30.3 Å². The normalized spacial score (nSPS) is 10.2. The maximum absolute atomic E-state index is 11.8. The highest BCUT2D eigenvalue weighted by Gasteiger charge is 2.11. The number of nitrogen functional groups attached to an aromatic ring is 1. The van der Waals surface area contributed by atoms with E-state index in [9.17, 15) is 9.59 Å². The van der Waals surface area contributed by atoms with Gasteiger partial charge in [-0.25, -0.2) is 4.79 Å². The zero-order valence-corrected chi connectivity index (χ0v) is 14.4. The van der Waals surface area contributed by atoms with Crippen LogP contribution in [0.5, 0.6) is 0 Å². The third-order valence-electron chi connectivity index (χ3n) is 3.00. The van der Waals surface area contributed by atoms with Crippen molar-refractivity contribution in [3.63, 3.8) is 0 Å². The lowest BCUT2D eigenvalue weighted by atomic mass is 10.2. The van der Waals surface area contributed by atoms with Gasteiger partial charge in [-0.1, -0.05) is 29.8 Å². The van der Waals surface area contributed by atoms with Crippen molar-refractivity contribution in [1.82, 2.24) is 5.32 Å². The zero-order chi connectivity index (χ0) is 17.4. The summed E-state index contributed by atoms with van der Waals surface area (Å²) in [7, 11) is 0. The van der Waals surface area contributed by atoms with Crippen molar-refractivity contribution in [2.45, 2.75) is 4.90 Å². The first-order chi connectivity index (χ1) is 11.6. The van der Waals surface area contributed by atoms with E-state index >= 15 is 0 Å². The first kappa shape index (κ1) is 18.2. The number of ether oxygens (including phenoxy) is 1. The van der Waals surface area contributed by atoms with Gasteiger partial charge in [0.1, 0.15) is 0 Å². The number of nitrogens with two attached hydrogens (primary N) is 1. The molecule has 0 unspecified atom stereocenters. The average molecular weight is 365 g/mol. The van der Waals surface area contributed by atoms with Gasteiger partial charge in [-0.15, -0.1) is 11.8 Å². The Morgan fingerprint density at radius 2 is 1.92 bits per heavy atom. The Balaban J connectivity index is 1.67. The summed E-state index contributed by atoms with van der Waals surface area (Å²) >= 11 is 7.42. The molecule has 1 amide bonds. The molecular formula is C17H17ClN2O3S. The topological polar surface area (TPSA) is 81.4 Å². The summed E-state index contributed by atoms with van der Waals surface area (Å²) in [6.07, 6.45) is 0. The molecule has 24 heavy (non-hydrogen) atoms. The molecule has 3 N–H and O–H groups in total. The summed E-state index contributed by atoms with van der Waals surface area (Å²) in [5.74, 6) is -0.233. The molecule has 0 saturated carbocycles. The van der Waals surface area contributed by atoms with Gasteiger partial charge >= 0.3 is 5.97 Å². The lowest BCUT2D eigenvalue weighted by molar-refractivity contribution is -0.124. The lowest BCUT2D eigenvalue weighted by Crippen LogP contribution is -2.30. The van der Waals surface area contributed by atoms with E-state index in [4.69, 9.17) is 22.1 Å². The second-order valence-electron chi connectivity index (χ2n) is 4.82. The standard InChI is InChI=1S/C17H17ClN2O3S/c18-14-7-6-12(10-15(14)19)17(22)23-11-16(21)20-8-9-24-13-4-2-1-3-5-13/h1-7,10H,8-9,11,19H2,(H,20,21). The summed E-state index contributed by atoms with van der Waals surface area (Å²) < 4.78 is 4.94. The van der Waals surface area contributed by atoms with Crippen LogP contribution in [0.2, 0.25) is 5.02 Å². The number of benzene rings is 2. The predicted molar refractivity (Wildman–Crippen MR) is 96.3 cm³/mol. The monoisotopic (exact) mass is 364 g/mol. The summed E-state index contributed by atoms with van der Waals surface area (Å²) in [4.78, 5) is 24.6. The number of hydrogen-bond acceptors (Lipinski definition) is 5. The number of anilines is 1. The molecule has 0 aromatic heterocycles. The van der Waals surface area contributed by atoms with Crippen LogP contribution in [0.4, 0.5) is 5.69 Å². The summed E-state index contributed by atoms with van der Waals surface area (Å²) in [5.41, 5.74) is 6.16. The largest absolute Gasteiger partial charge is 0.452 e. The molecule has 0 aliphatic heterocycles. The van der Waals surface area contributed by atoms with Gasteiger partial charge in [0.15, 0.2) is 6.61 Å². The molecule has 0 bridgehead atoms. The fraction of sp³-hybridized carbons (Fsp3) is 0.176. The fourth-order valence-electron chi connectivity index (χ4n) is 1.81. The van der Waals surface area contributed by atoms with Crippen LogP contribution in [0, 0.1) is 0 Å². The highest BCUT2D eigenvalue weighted by atomic mass is 35.5. The van der Waals surface area contributed by atoms with E-state index in [0.717, 1.165) is 10.6 Å². The molecule has 0 heterocycles. The quantitative estimate of drug-likeness (QED) is 0.341. The molecule has 0 saturated heterocycles. The van der Waals surface area contributed by atoms with Crippen LogP contribution in [0.15, 0.2) is 53.4 Å². The second kappa shape index (κ2) is 9.20. The van der Waals surface area contributed by atoms with Crippen molar-refractivity contribution >= 4 is 40.9 Å². The fourth-order valence-corrected chi connectivity index (χ4v) is 2.72. The molecule has 126 valence electrons. The molecule has 2 aromatic rings. The van der Waals surface area contributed by atoms with E-state index in [1.54, 1.807) is 11.8 Å². The number of amides is 1. The summed E-state index contributed by atoms with van der Waals surface area (Å²) in [6.45, 7) is 0.154. The van der Waals surface area contributed by atoms with Gasteiger partial charge in [0.05, 0.1) is 16.3 Å². The SMILES string of the molecule is Nc1cc(C(=O)OCC(=O)NCCSc2ccccc2)ccc1Cl. The first-order valence-electron chi connectivity index (χ1n) is 7.23. The van der Waals surface area contributed by atoms with Crippen molar-refractivity contribution in [3.8, 4) is 0 Å². The predicted octanol–water partition coefficient (Wildman–Crippen LogP) is 2.99. The van der Waals surface area contributed by atoms with Crippen molar-refractivity contribution < 1.29 is 14.3 Å². The third kappa shape index (κ3) is 5.79. The molecule has 2 aromatic carbocycles. The van der Waals surface area contributed by atoms with E-state index < -0.39 is 5.97 Å². The molecule has 0 aliphatic rings. The summed E-state index contributed by atoms with van der Waals surface area (Å²) in [5, 5.41) is 3.06. The highest BCUT2D eigenvalue weighted by molar-refractivity contribution is 7.99. The Kier molecular flexibility index (Phi) is 6.96. The molecular weight excluding hydrogens is 348 g/mol. The van der Waals surface area contributed by atoms with E-state index in [1.807, 2.05) is 30.3 Å². The van der Waals surface area contributed by atoms with Crippen LogP contribution in [-0.2, 0) is 9.53 Å². The van der Waals surface area contributed by atoms with Crippen molar-refractivity contribution in [2.75, 3.05) is 24.6 Å². The van der Waals surface area contributed by atoms with Gasteiger partial charge < -0.3 is 15.8 Å². The first-order valence-corrected chi connectivity index (χ1v) is 8.59. The van der Waals surface area contributed by atoms with Crippen LogP contribution in [0.1, 0.15) is 10.4 Å². The molecule has 7 heteroatoms. The highest BCUT2D eigenvalue weighted by Crippen LogP contribution is 2.20. The zero-order valence-electron chi connectivity index (χ0n) is 12.8. The molecule has 0 aliphatic carbocycles. The van der Waals surface area contributed by atoms with Gasteiger partial charge in [0.25, 0.3) is 5.91 Å². The van der Waals surface area contributed by atoms with Crippen LogP contribution in [-0.4, -0.2) is 30.8 Å². The Bertz CT molecular complexity index is 710. The average Bonchev–Trinajstić information content (AvgIpc) is 2.60. The molecule has 0 fully saturated rings. The number of thioether (sulfide) groups is 1. The number of halogens is 1. The number of hydrogen-bond donors (Lipinski definition) is 2. The van der Waals surface area contributed by atoms with Gasteiger partial charge in [-0.3, -0.25) is 4.79 Å². The number of carbonyl (C=O) groups excluding carboxylic acids is 2.